The van der Waals surface area contributed by atoms with Crippen LogP contribution in [0.25, 0.3) is 10.6 Å². The fraction of sp³-hybridized carbons (Fsp3) is 0.562. The van der Waals surface area contributed by atoms with E-state index in [0.29, 0.717) is 5.92 Å². The molecule has 2 aromatic rings. The first kappa shape index (κ1) is 13.8. The number of nitrogens with zero attached hydrogens (tertiary/aromatic N) is 1. The van der Waals surface area contributed by atoms with Crippen LogP contribution in [-0.2, 0) is 19.3 Å². The predicted molar refractivity (Wildman–Crippen MR) is 83.3 cm³/mol. The smallest absolute Gasteiger partial charge is 0.196 e. The number of thiophene rings is 1. The molecule has 3 nitrogen and oxygen atoms in total. The zero-order valence-corrected chi connectivity index (χ0v) is 13.1. The second kappa shape index (κ2) is 6.10. The number of nitrogens with one attached hydrogen (secondary N) is 1. The molecule has 0 unspecified atom stereocenters. The average molecular weight is 290 g/mol. The highest BCUT2D eigenvalue weighted by Crippen LogP contribution is 2.36. The topological polar surface area (TPSA) is 38.1 Å². The van der Waals surface area contributed by atoms with Gasteiger partial charge in [-0.1, -0.05) is 13.8 Å². The van der Waals surface area contributed by atoms with Gasteiger partial charge < -0.3 is 9.73 Å². The number of fused-ring (bicyclic) bond motifs is 1. The van der Waals surface area contributed by atoms with Gasteiger partial charge in [-0.25, -0.2) is 4.98 Å². The summed E-state index contributed by atoms with van der Waals surface area (Å²) in [6.45, 7) is 6.41. The van der Waals surface area contributed by atoms with Gasteiger partial charge in [0.05, 0.1) is 11.1 Å². The van der Waals surface area contributed by atoms with Gasteiger partial charge >= 0.3 is 0 Å². The molecule has 0 bridgehead atoms. The van der Waals surface area contributed by atoms with Crippen LogP contribution in [0.2, 0.25) is 0 Å². The van der Waals surface area contributed by atoms with E-state index in [1.54, 1.807) is 0 Å². The van der Waals surface area contributed by atoms with Crippen molar-refractivity contribution < 1.29 is 4.42 Å². The summed E-state index contributed by atoms with van der Waals surface area (Å²) in [7, 11) is 0. The van der Waals surface area contributed by atoms with E-state index < -0.39 is 0 Å². The van der Waals surface area contributed by atoms with Crippen LogP contribution in [-0.4, -0.2) is 18.1 Å². The minimum Gasteiger partial charge on any atom is -0.440 e. The van der Waals surface area contributed by atoms with Crippen molar-refractivity contribution in [3.05, 3.63) is 28.6 Å². The molecule has 0 atom stereocenters. The van der Waals surface area contributed by atoms with Crippen molar-refractivity contribution in [3.63, 3.8) is 0 Å². The van der Waals surface area contributed by atoms with Gasteiger partial charge in [-0.3, -0.25) is 0 Å². The third-order valence-corrected chi connectivity index (χ3v) is 4.86. The Morgan fingerprint density at radius 1 is 1.40 bits per heavy atom. The minimum atomic E-state index is 0.684. The van der Waals surface area contributed by atoms with Crippen LogP contribution in [0.1, 0.15) is 36.6 Å². The maximum atomic E-state index is 5.87. The van der Waals surface area contributed by atoms with Crippen molar-refractivity contribution in [1.82, 2.24) is 10.3 Å². The molecule has 0 aliphatic heterocycles. The van der Waals surface area contributed by atoms with Crippen LogP contribution in [0.15, 0.2) is 16.7 Å². The molecule has 0 radical (unpaired) electrons. The van der Waals surface area contributed by atoms with Gasteiger partial charge in [-0.2, -0.15) is 0 Å². The van der Waals surface area contributed by atoms with Crippen molar-refractivity contribution >= 4 is 11.3 Å². The molecule has 0 aromatic carbocycles. The summed E-state index contributed by atoms with van der Waals surface area (Å²) in [6.07, 6.45) is 6.51. The van der Waals surface area contributed by atoms with Crippen LogP contribution in [0.5, 0.6) is 0 Å². The van der Waals surface area contributed by atoms with Gasteiger partial charge in [0, 0.05) is 17.8 Å². The molecule has 2 aromatic heterocycles. The molecule has 0 saturated heterocycles. The second-order valence-corrected chi connectivity index (χ2v) is 7.02. The summed E-state index contributed by atoms with van der Waals surface area (Å²) in [4.78, 5) is 7.17. The maximum Gasteiger partial charge on any atom is 0.196 e. The summed E-state index contributed by atoms with van der Waals surface area (Å²) in [5.74, 6) is 2.46. The number of aryl methyl sites for hydroxylation is 2. The number of rotatable bonds is 6. The predicted octanol–water partition coefficient (Wildman–Crippen LogP) is 3.68. The summed E-state index contributed by atoms with van der Waals surface area (Å²) >= 11 is 1.87. The van der Waals surface area contributed by atoms with Crippen LogP contribution < -0.4 is 5.32 Å². The van der Waals surface area contributed by atoms with Crippen molar-refractivity contribution in [2.24, 2.45) is 5.92 Å². The Morgan fingerprint density at radius 3 is 3.10 bits per heavy atom. The van der Waals surface area contributed by atoms with Gasteiger partial charge in [-0.15, -0.1) is 11.3 Å². The number of hydrogen-bond acceptors (Lipinski definition) is 4. The maximum absolute atomic E-state index is 5.87. The molecular weight excluding hydrogens is 268 g/mol. The third kappa shape index (κ3) is 3.13. The molecule has 0 spiro atoms. The summed E-state index contributed by atoms with van der Waals surface area (Å²) in [6, 6.07) is 2.29. The van der Waals surface area contributed by atoms with E-state index in [0.717, 1.165) is 31.2 Å². The first-order valence-electron chi connectivity index (χ1n) is 7.50. The highest BCUT2D eigenvalue weighted by atomic mass is 32.1. The van der Waals surface area contributed by atoms with E-state index in [1.807, 2.05) is 17.5 Å². The molecule has 4 heteroatoms. The molecule has 108 valence electrons. The molecule has 2 heterocycles. The standard InChI is InChI=1S/C16H22N2OS/c1-11(2)9-17-7-6-16-18-10-13(19-16)15-8-12-4-3-5-14(12)20-15/h8,10-11,17H,3-7,9H2,1-2H3. The van der Waals surface area contributed by atoms with Crippen molar-refractivity contribution in [2.45, 2.75) is 39.5 Å². The lowest BCUT2D eigenvalue weighted by molar-refractivity contribution is 0.483. The largest absolute Gasteiger partial charge is 0.440 e. The van der Waals surface area contributed by atoms with E-state index in [-0.39, 0.29) is 0 Å². The van der Waals surface area contributed by atoms with E-state index in [4.69, 9.17) is 4.42 Å². The zero-order chi connectivity index (χ0) is 13.9. The fourth-order valence-electron chi connectivity index (χ4n) is 2.58. The van der Waals surface area contributed by atoms with Crippen LogP contribution in [0, 0.1) is 5.92 Å². The Balaban J connectivity index is 1.58. The van der Waals surface area contributed by atoms with Gasteiger partial charge in [0.15, 0.2) is 11.7 Å². The second-order valence-electron chi connectivity index (χ2n) is 5.88. The molecule has 1 aliphatic rings. The Kier molecular flexibility index (Phi) is 4.22. The summed E-state index contributed by atoms with van der Waals surface area (Å²) < 4.78 is 5.87. The number of hydrogen-bond donors (Lipinski definition) is 1. The molecular formula is C16H22N2OS. The lowest BCUT2D eigenvalue weighted by atomic mass is 10.2. The molecule has 0 amide bonds. The van der Waals surface area contributed by atoms with Crippen LogP contribution >= 0.6 is 11.3 Å². The Morgan fingerprint density at radius 2 is 2.30 bits per heavy atom. The quantitative estimate of drug-likeness (QED) is 0.825. The molecule has 0 fully saturated rings. The lowest BCUT2D eigenvalue weighted by Gasteiger charge is -2.05. The van der Waals surface area contributed by atoms with E-state index in [9.17, 15) is 0 Å². The highest BCUT2D eigenvalue weighted by molar-refractivity contribution is 7.15. The number of aromatic nitrogens is 1. The Hall–Kier alpha value is -1.13. The van der Waals surface area contributed by atoms with E-state index >= 15 is 0 Å². The normalized spacial score (nSPS) is 14.2. The van der Waals surface area contributed by atoms with Gasteiger partial charge in [-0.05, 0) is 43.4 Å². The Bertz CT molecular complexity index is 549. The molecule has 1 N–H and O–H groups in total. The van der Waals surface area contributed by atoms with Crippen molar-refractivity contribution in [2.75, 3.05) is 13.1 Å². The van der Waals surface area contributed by atoms with E-state index in [2.05, 4.69) is 30.2 Å². The van der Waals surface area contributed by atoms with Gasteiger partial charge in [0.2, 0.25) is 0 Å². The minimum absolute atomic E-state index is 0.684. The molecule has 3 rings (SSSR count). The monoisotopic (exact) mass is 290 g/mol. The van der Waals surface area contributed by atoms with Crippen molar-refractivity contribution in [3.8, 4) is 10.6 Å². The van der Waals surface area contributed by atoms with Crippen LogP contribution in [0.4, 0.5) is 0 Å². The fourth-order valence-corrected chi connectivity index (χ4v) is 3.78. The number of oxazole rings is 1. The molecule has 1 aliphatic carbocycles. The third-order valence-electron chi connectivity index (χ3n) is 3.61. The highest BCUT2D eigenvalue weighted by Gasteiger charge is 2.17. The lowest BCUT2D eigenvalue weighted by Crippen LogP contribution is -2.22. The summed E-state index contributed by atoms with van der Waals surface area (Å²) in [5, 5.41) is 3.42. The SMILES string of the molecule is CC(C)CNCCc1ncc(-c2cc3c(s2)CCC3)o1. The van der Waals surface area contributed by atoms with Crippen LogP contribution in [0.3, 0.4) is 0 Å². The first-order chi connectivity index (χ1) is 9.72. The molecule has 20 heavy (non-hydrogen) atoms. The molecule has 0 saturated carbocycles. The average Bonchev–Trinajstić information content (AvgIpc) is 3.08. The van der Waals surface area contributed by atoms with Gasteiger partial charge in [0.25, 0.3) is 0 Å². The van der Waals surface area contributed by atoms with Gasteiger partial charge in [0.1, 0.15) is 0 Å². The summed E-state index contributed by atoms with van der Waals surface area (Å²) in [5.41, 5.74) is 1.52. The van der Waals surface area contributed by atoms with Crippen molar-refractivity contribution in [1.29, 1.82) is 0 Å². The Labute approximate surface area is 124 Å². The van der Waals surface area contributed by atoms with E-state index in [1.165, 1.54) is 34.6 Å². The zero-order valence-electron chi connectivity index (χ0n) is 12.2. The first-order valence-corrected chi connectivity index (χ1v) is 8.31.